The summed E-state index contributed by atoms with van der Waals surface area (Å²) in [6.45, 7) is 0.478. The molecule has 0 fully saturated rings. The summed E-state index contributed by atoms with van der Waals surface area (Å²) in [5.41, 5.74) is 7.42. The van der Waals surface area contributed by atoms with E-state index in [1.54, 1.807) is 30.1 Å². The first-order chi connectivity index (χ1) is 9.06. The fourth-order valence-corrected chi connectivity index (χ4v) is 1.92. The molecule has 2 N–H and O–H groups in total. The zero-order chi connectivity index (χ0) is 13.8. The summed E-state index contributed by atoms with van der Waals surface area (Å²) in [5.74, 6) is -0.153. The number of hydrogen-bond donors (Lipinski definition) is 1. The van der Waals surface area contributed by atoms with Gasteiger partial charge in [0, 0.05) is 18.6 Å². The minimum absolute atomic E-state index is 0.153. The minimum Gasteiger partial charge on any atom is -0.397 e. The average Bonchev–Trinajstić information content (AvgIpc) is 2.39. The van der Waals surface area contributed by atoms with Gasteiger partial charge >= 0.3 is 0 Å². The third kappa shape index (κ3) is 3.45. The summed E-state index contributed by atoms with van der Waals surface area (Å²) in [5, 5.41) is 0.656. The molecule has 1 aromatic carbocycles. The molecular formula is C14H14ClN3O. The summed E-state index contributed by atoms with van der Waals surface area (Å²) >= 11 is 5.91. The molecule has 4 nitrogen and oxygen atoms in total. The normalized spacial score (nSPS) is 10.2. The smallest absolute Gasteiger partial charge is 0.272 e. The highest BCUT2D eigenvalue weighted by Gasteiger charge is 2.13. The maximum atomic E-state index is 12.1. The molecule has 0 saturated carbocycles. The van der Waals surface area contributed by atoms with E-state index in [0.29, 0.717) is 22.9 Å². The van der Waals surface area contributed by atoms with Crippen molar-refractivity contribution in [2.24, 2.45) is 0 Å². The third-order valence-corrected chi connectivity index (χ3v) is 2.90. The van der Waals surface area contributed by atoms with E-state index < -0.39 is 0 Å². The molecule has 0 radical (unpaired) electrons. The van der Waals surface area contributed by atoms with Gasteiger partial charge in [0.25, 0.3) is 5.91 Å². The Morgan fingerprint density at radius 2 is 2.16 bits per heavy atom. The van der Waals surface area contributed by atoms with Crippen LogP contribution in [-0.4, -0.2) is 22.8 Å². The first-order valence-corrected chi connectivity index (χ1v) is 6.15. The molecular weight excluding hydrogens is 262 g/mol. The summed E-state index contributed by atoms with van der Waals surface area (Å²) < 4.78 is 0. The molecule has 0 aliphatic carbocycles. The van der Waals surface area contributed by atoms with Gasteiger partial charge < -0.3 is 10.6 Å². The number of carbonyl (C=O) groups excluding carboxylic acids is 1. The lowest BCUT2D eigenvalue weighted by Gasteiger charge is -2.17. The lowest BCUT2D eigenvalue weighted by atomic mass is 10.2. The lowest BCUT2D eigenvalue weighted by molar-refractivity contribution is 0.0779. The number of nitrogen functional groups attached to an aromatic ring is 1. The van der Waals surface area contributed by atoms with E-state index in [9.17, 15) is 4.79 Å². The largest absolute Gasteiger partial charge is 0.397 e. The van der Waals surface area contributed by atoms with Crippen molar-refractivity contribution in [1.82, 2.24) is 9.88 Å². The topological polar surface area (TPSA) is 59.2 Å². The van der Waals surface area contributed by atoms with Crippen LogP contribution in [0.4, 0.5) is 5.69 Å². The Hall–Kier alpha value is -2.07. The van der Waals surface area contributed by atoms with Gasteiger partial charge in [0.15, 0.2) is 0 Å². The number of nitrogens with zero attached hydrogens (tertiary/aromatic N) is 2. The molecule has 1 heterocycles. The number of pyridine rings is 1. The molecule has 0 unspecified atom stereocenters. The van der Waals surface area contributed by atoms with E-state index >= 15 is 0 Å². The second-order valence-corrected chi connectivity index (χ2v) is 4.70. The van der Waals surface area contributed by atoms with Crippen LogP contribution in [0.2, 0.25) is 5.02 Å². The molecule has 0 bridgehead atoms. The number of rotatable bonds is 3. The first-order valence-electron chi connectivity index (χ1n) is 5.77. The number of hydrogen-bond acceptors (Lipinski definition) is 3. The molecule has 1 aromatic heterocycles. The van der Waals surface area contributed by atoms with Gasteiger partial charge in [0.1, 0.15) is 5.69 Å². The van der Waals surface area contributed by atoms with Crippen molar-refractivity contribution < 1.29 is 4.79 Å². The van der Waals surface area contributed by atoms with Gasteiger partial charge in [0.05, 0.1) is 11.9 Å². The maximum Gasteiger partial charge on any atom is 0.272 e. The van der Waals surface area contributed by atoms with Crippen LogP contribution in [0.15, 0.2) is 42.6 Å². The quantitative estimate of drug-likeness (QED) is 0.937. The van der Waals surface area contributed by atoms with Crippen LogP contribution in [0.3, 0.4) is 0 Å². The van der Waals surface area contributed by atoms with Crippen molar-refractivity contribution in [3.8, 4) is 0 Å². The van der Waals surface area contributed by atoms with E-state index in [2.05, 4.69) is 4.98 Å². The second kappa shape index (κ2) is 5.71. The summed E-state index contributed by atoms with van der Waals surface area (Å²) in [7, 11) is 1.72. The molecule has 0 aliphatic heterocycles. The molecule has 0 spiro atoms. The highest BCUT2D eigenvalue weighted by molar-refractivity contribution is 6.30. The fraction of sp³-hybridized carbons (Fsp3) is 0.143. The number of benzene rings is 1. The number of amides is 1. The van der Waals surface area contributed by atoms with Crippen LogP contribution in [0.1, 0.15) is 16.1 Å². The van der Waals surface area contributed by atoms with Crippen molar-refractivity contribution in [3.05, 3.63) is 58.9 Å². The number of halogens is 1. The third-order valence-electron chi connectivity index (χ3n) is 2.66. The van der Waals surface area contributed by atoms with Crippen molar-refractivity contribution in [2.45, 2.75) is 6.54 Å². The molecule has 19 heavy (non-hydrogen) atoms. The first kappa shape index (κ1) is 13.4. The summed E-state index contributed by atoms with van der Waals surface area (Å²) in [6, 6.07) is 10.7. The SMILES string of the molecule is CN(Cc1cccc(Cl)c1)C(=O)c1ccc(N)cn1. The van der Waals surface area contributed by atoms with Crippen LogP contribution >= 0.6 is 11.6 Å². The predicted molar refractivity (Wildman–Crippen MR) is 75.9 cm³/mol. The molecule has 2 rings (SSSR count). The summed E-state index contributed by atoms with van der Waals surface area (Å²) in [4.78, 5) is 17.7. The van der Waals surface area contributed by atoms with Gasteiger partial charge in [0.2, 0.25) is 0 Å². The Morgan fingerprint density at radius 3 is 2.79 bits per heavy atom. The van der Waals surface area contributed by atoms with Crippen molar-refractivity contribution in [3.63, 3.8) is 0 Å². The zero-order valence-corrected chi connectivity index (χ0v) is 11.3. The van der Waals surface area contributed by atoms with E-state index in [-0.39, 0.29) is 5.91 Å². The minimum atomic E-state index is -0.153. The van der Waals surface area contributed by atoms with Crippen LogP contribution in [0.5, 0.6) is 0 Å². The van der Waals surface area contributed by atoms with Crippen molar-refractivity contribution >= 4 is 23.2 Å². The van der Waals surface area contributed by atoms with Gasteiger partial charge in [-0.3, -0.25) is 4.79 Å². The van der Waals surface area contributed by atoms with Gasteiger partial charge in [-0.05, 0) is 29.8 Å². The summed E-state index contributed by atoms with van der Waals surface area (Å²) in [6.07, 6.45) is 1.47. The zero-order valence-electron chi connectivity index (χ0n) is 10.5. The fourth-order valence-electron chi connectivity index (χ4n) is 1.71. The van der Waals surface area contributed by atoms with Gasteiger partial charge in [-0.1, -0.05) is 23.7 Å². The monoisotopic (exact) mass is 275 g/mol. The number of anilines is 1. The Morgan fingerprint density at radius 1 is 1.37 bits per heavy atom. The Bertz CT molecular complexity index is 583. The van der Waals surface area contributed by atoms with Crippen molar-refractivity contribution in [2.75, 3.05) is 12.8 Å². The second-order valence-electron chi connectivity index (χ2n) is 4.27. The predicted octanol–water partition coefficient (Wildman–Crippen LogP) is 2.59. The van der Waals surface area contributed by atoms with Gasteiger partial charge in [-0.25, -0.2) is 4.98 Å². The molecule has 98 valence electrons. The number of carbonyl (C=O) groups is 1. The van der Waals surface area contributed by atoms with Crippen LogP contribution in [-0.2, 0) is 6.54 Å². The molecule has 5 heteroatoms. The average molecular weight is 276 g/mol. The molecule has 0 saturated heterocycles. The molecule has 0 atom stereocenters. The molecule has 2 aromatic rings. The van der Waals surface area contributed by atoms with Gasteiger partial charge in [-0.2, -0.15) is 0 Å². The molecule has 0 aliphatic rings. The van der Waals surface area contributed by atoms with Crippen LogP contribution < -0.4 is 5.73 Å². The van der Waals surface area contributed by atoms with Crippen LogP contribution in [0, 0.1) is 0 Å². The van der Waals surface area contributed by atoms with E-state index in [1.807, 2.05) is 18.2 Å². The number of aromatic nitrogens is 1. The molecule has 1 amide bonds. The highest BCUT2D eigenvalue weighted by Crippen LogP contribution is 2.13. The Kier molecular flexibility index (Phi) is 4.02. The number of nitrogens with two attached hydrogens (primary N) is 1. The maximum absolute atomic E-state index is 12.1. The van der Waals surface area contributed by atoms with Crippen LogP contribution in [0.25, 0.3) is 0 Å². The Labute approximate surface area is 116 Å². The standard InChI is InChI=1S/C14H14ClN3O/c1-18(9-10-3-2-4-11(15)7-10)14(19)13-6-5-12(16)8-17-13/h2-8H,9,16H2,1H3. The van der Waals surface area contributed by atoms with E-state index in [1.165, 1.54) is 6.20 Å². The Balaban J connectivity index is 2.09. The van der Waals surface area contributed by atoms with Gasteiger partial charge in [-0.15, -0.1) is 0 Å². The van der Waals surface area contributed by atoms with Crippen molar-refractivity contribution in [1.29, 1.82) is 0 Å². The highest BCUT2D eigenvalue weighted by atomic mass is 35.5. The lowest BCUT2D eigenvalue weighted by Crippen LogP contribution is -2.26. The van der Waals surface area contributed by atoms with E-state index in [0.717, 1.165) is 5.56 Å². The van der Waals surface area contributed by atoms with E-state index in [4.69, 9.17) is 17.3 Å².